The molecule has 1 N–H and O–H groups in total. The predicted molar refractivity (Wildman–Crippen MR) is 107 cm³/mol. The average molecular weight is 368 g/mol. The van der Waals surface area contributed by atoms with Gasteiger partial charge in [-0.2, -0.15) is 0 Å². The number of halogens is 1. The van der Waals surface area contributed by atoms with Crippen LogP contribution in [0.5, 0.6) is 0 Å². The Balaban J connectivity index is 1.46. The molecular formula is C21H18ClNOS. The number of rotatable bonds is 4. The lowest BCUT2D eigenvalue weighted by molar-refractivity contribution is -0.113. The third-order valence-corrected chi connectivity index (χ3v) is 5.93. The molecule has 0 aliphatic heterocycles. The molecule has 0 atom stereocenters. The number of hydrogen-bond donors (Lipinski definition) is 1. The van der Waals surface area contributed by atoms with Gasteiger partial charge < -0.3 is 5.32 Å². The van der Waals surface area contributed by atoms with Gasteiger partial charge in [-0.25, -0.2) is 0 Å². The van der Waals surface area contributed by atoms with Crippen molar-refractivity contribution in [1.82, 2.24) is 0 Å². The van der Waals surface area contributed by atoms with E-state index in [0.717, 1.165) is 39.2 Å². The van der Waals surface area contributed by atoms with E-state index in [-0.39, 0.29) is 5.91 Å². The Morgan fingerprint density at radius 1 is 1.04 bits per heavy atom. The van der Waals surface area contributed by atoms with Crippen molar-refractivity contribution in [1.29, 1.82) is 0 Å². The van der Waals surface area contributed by atoms with Crippen LogP contribution < -0.4 is 5.32 Å². The number of carbonyl (C=O) groups excluding carboxylic acids is 1. The first kappa shape index (κ1) is 16.5. The van der Waals surface area contributed by atoms with Gasteiger partial charge >= 0.3 is 0 Å². The van der Waals surface area contributed by atoms with Gasteiger partial charge in [0.15, 0.2) is 0 Å². The zero-order valence-corrected chi connectivity index (χ0v) is 15.3. The first-order valence-electron chi connectivity index (χ1n) is 8.42. The molecule has 0 spiro atoms. The molecule has 3 aromatic carbocycles. The van der Waals surface area contributed by atoms with Gasteiger partial charge in [-0.3, -0.25) is 4.79 Å². The second-order valence-corrected chi connectivity index (χ2v) is 7.69. The van der Waals surface area contributed by atoms with E-state index in [1.54, 1.807) is 0 Å². The molecule has 1 amide bonds. The van der Waals surface area contributed by atoms with E-state index in [1.165, 1.54) is 29.3 Å². The predicted octanol–water partition coefficient (Wildman–Crippen LogP) is 5.71. The molecule has 0 saturated heterocycles. The van der Waals surface area contributed by atoms with E-state index in [0.29, 0.717) is 5.75 Å². The quantitative estimate of drug-likeness (QED) is 0.598. The van der Waals surface area contributed by atoms with Crippen molar-refractivity contribution in [3.05, 3.63) is 70.7 Å². The van der Waals surface area contributed by atoms with Crippen LogP contribution in [0.15, 0.2) is 59.5 Å². The summed E-state index contributed by atoms with van der Waals surface area (Å²) in [6.07, 6.45) is 3.48. The third kappa shape index (κ3) is 3.53. The second-order valence-electron chi connectivity index (χ2n) is 6.27. The molecule has 0 bridgehead atoms. The molecule has 4 heteroatoms. The van der Waals surface area contributed by atoms with Crippen LogP contribution in [0.4, 0.5) is 5.69 Å². The van der Waals surface area contributed by atoms with Gasteiger partial charge in [0.25, 0.3) is 0 Å². The molecule has 4 rings (SSSR count). The van der Waals surface area contributed by atoms with E-state index >= 15 is 0 Å². The Morgan fingerprint density at radius 3 is 2.72 bits per heavy atom. The van der Waals surface area contributed by atoms with Crippen molar-refractivity contribution in [3.8, 4) is 0 Å². The summed E-state index contributed by atoms with van der Waals surface area (Å²) in [4.78, 5) is 13.4. The van der Waals surface area contributed by atoms with E-state index in [9.17, 15) is 4.79 Å². The molecular weight excluding hydrogens is 350 g/mol. The maximum atomic E-state index is 12.3. The minimum Gasteiger partial charge on any atom is -0.325 e. The Hall–Kier alpha value is -1.97. The van der Waals surface area contributed by atoms with E-state index in [2.05, 4.69) is 17.4 Å². The maximum absolute atomic E-state index is 12.3. The van der Waals surface area contributed by atoms with Crippen molar-refractivity contribution >= 4 is 45.7 Å². The summed E-state index contributed by atoms with van der Waals surface area (Å²) in [7, 11) is 0. The number of fused-ring (bicyclic) bond motifs is 2. The minimum absolute atomic E-state index is 0.00648. The summed E-state index contributed by atoms with van der Waals surface area (Å²) < 4.78 is 0. The van der Waals surface area contributed by atoms with Gasteiger partial charge in [0.1, 0.15) is 0 Å². The Kier molecular flexibility index (Phi) is 4.69. The van der Waals surface area contributed by atoms with Gasteiger partial charge in [0.2, 0.25) is 5.91 Å². The van der Waals surface area contributed by atoms with Crippen LogP contribution in [0.2, 0.25) is 5.02 Å². The summed E-state index contributed by atoms with van der Waals surface area (Å²) in [6, 6.07) is 18.2. The average Bonchev–Trinajstić information content (AvgIpc) is 3.08. The van der Waals surface area contributed by atoms with Crippen molar-refractivity contribution < 1.29 is 4.79 Å². The highest BCUT2D eigenvalue weighted by molar-refractivity contribution is 8.00. The van der Waals surface area contributed by atoms with Crippen molar-refractivity contribution in [2.45, 2.75) is 24.2 Å². The molecule has 1 aliphatic carbocycles. The monoisotopic (exact) mass is 367 g/mol. The summed E-state index contributed by atoms with van der Waals surface area (Å²) in [5, 5.41) is 5.84. The SMILES string of the molecule is O=C(CSc1cccc2cccc(Cl)c12)Nc1ccc2c(c1)CCC2. The van der Waals surface area contributed by atoms with Crippen LogP contribution in [0.3, 0.4) is 0 Å². The molecule has 0 aromatic heterocycles. The lowest BCUT2D eigenvalue weighted by Crippen LogP contribution is -2.14. The molecule has 25 heavy (non-hydrogen) atoms. The molecule has 126 valence electrons. The fourth-order valence-corrected chi connectivity index (χ4v) is 4.62. The number of nitrogens with one attached hydrogen (secondary N) is 1. The lowest BCUT2D eigenvalue weighted by atomic mass is 10.1. The normalized spacial score (nSPS) is 13.0. The topological polar surface area (TPSA) is 29.1 Å². The number of thioether (sulfide) groups is 1. The highest BCUT2D eigenvalue weighted by atomic mass is 35.5. The Bertz CT molecular complexity index is 949. The molecule has 0 fully saturated rings. The van der Waals surface area contributed by atoms with Gasteiger partial charge in [-0.15, -0.1) is 11.8 Å². The highest BCUT2D eigenvalue weighted by Gasteiger charge is 2.12. The van der Waals surface area contributed by atoms with Gasteiger partial charge in [-0.1, -0.05) is 41.9 Å². The number of aryl methyl sites for hydroxylation is 2. The molecule has 0 heterocycles. The number of benzene rings is 3. The fraction of sp³-hybridized carbons (Fsp3) is 0.190. The summed E-state index contributed by atoms with van der Waals surface area (Å²) >= 11 is 7.87. The number of anilines is 1. The maximum Gasteiger partial charge on any atom is 0.234 e. The highest BCUT2D eigenvalue weighted by Crippen LogP contribution is 2.33. The van der Waals surface area contributed by atoms with Crippen LogP contribution >= 0.6 is 23.4 Å². The fourth-order valence-electron chi connectivity index (χ4n) is 3.37. The van der Waals surface area contributed by atoms with Crippen LogP contribution in [0.25, 0.3) is 10.8 Å². The van der Waals surface area contributed by atoms with Crippen LogP contribution in [0.1, 0.15) is 17.5 Å². The summed E-state index contributed by atoms with van der Waals surface area (Å²) in [5.74, 6) is 0.369. The molecule has 2 nitrogen and oxygen atoms in total. The largest absolute Gasteiger partial charge is 0.325 e. The van der Waals surface area contributed by atoms with E-state index in [1.807, 2.05) is 42.5 Å². The second kappa shape index (κ2) is 7.11. The smallest absolute Gasteiger partial charge is 0.234 e. The summed E-state index contributed by atoms with van der Waals surface area (Å²) in [6.45, 7) is 0. The summed E-state index contributed by atoms with van der Waals surface area (Å²) in [5.41, 5.74) is 3.67. The number of hydrogen-bond acceptors (Lipinski definition) is 2. The van der Waals surface area contributed by atoms with Crippen LogP contribution in [-0.4, -0.2) is 11.7 Å². The van der Waals surface area contributed by atoms with E-state index < -0.39 is 0 Å². The standard InChI is InChI=1S/C21H18ClNOS/c22-18-8-2-5-15-6-3-9-19(21(15)18)25-13-20(24)23-17-11-10-14-4-1-7-16(14)12-17/h2-3,5-6,8-12H,1,4,7,13H2,(H,23,24). The van der Waals surface area contributed by atoms with Gasteiger partial charge in [0, 0.05) is 21.0 Å². The van der Waals surface area contributed by atoms with Crippen LogP contribution in [-0.2, 0) is 17.6 Å². The zero-order chi connectivity index (χ0) is 17.2. The number of amides is 1. The third-order valence-electron chi connectivity index (χ3n) is 4.56. The van der Waals surface area contributed by atoms with E-state index in [4.69, 9.17) is 11.6 Å². The molecule has 0 unspecified atom stereocenters. The van der Waals surface area contributed by atoms with Crippen molar-refractivity contribution in [2.75, 3.05) is 11.1 Å². The van der Waals surface area contributed by atoms with Crippen molar-refractivity contribution in [3.63, 3.8) is 0 Å². The van der Waals surface area contributed by atoms with Gasteiger partial charge in [-0.05, 0) is 60.0 Å². The van der Waals surface area contributed by atoms with Crippen molar-refractivity contribution in [2.24, 2.45) is 0 Å². The van der Waals surface area contributed by atoms with Crippen LogP contribution in [0, 0.1) is 0 Å². The molecule has 0 saturated carbocycles. The lowest BCUT2D eigenvalue weighted by Gasteiger charge is -2.09. The molecule has 3 aromatic rings. The first-order chi connectivity index (χ1) is 12.2. The first-order valence-corrected chi connectivity index (χ1v) is 9.79. The van der Waals surface area contributed by atoms with Gasteiger partial charge in [0.05, 0.1) is 5.75 Å². The molecule has 0 radical (unpaired) electrons. The Labute approximate surface area is 156 Å². The zero-order valence-electron chi connectivity index (χ0n) is 13.7. The Morgan fingerprint density at radius 2 is 1.84 bits per heavy atom. The molecule has 1 aliphatic rings. The minimum atomic E-state index is 0.00648. The number of carbonyl (C=O) groups is 1.